The molecule has 0 N–H and O–H groups in total. The molecule has 84 heavy (non-hydrogen) atoms. The lowest BCUT2D eigenvalue weighted by atomic mass is 9.89. The van der Waals surface area contributed by atoms with Crippen LogP contribution in [0.25, 0.3) is 42.4 Å². The van der Waals surface area contributed by atoms with Gasteiger partial charge in [0.2, 0.25) is 32.0 Å². The maximum absolute atomic E-state index is 15.2. The van der Waals surface area contributed by atoms with E-state index >= 15 is 19.2 Å². The third kappa shape index (κ3) is 9.05. The molecule has 20 heteroatoms. The molecule has 0 atom stereocenters. The van der Waals surface area contributed by atoms with E-state index in [1.54, 1.807) is 146 Å². The number of thiazole rings is 2. The van der Waals surface area contributed by atoms with E-state index in [-0.39, 0.29) is 90.6 Å². The van der Waals surface area contributed by atoms with Crippen LogP contribution in [0.2, 0.25) is 0 Å². The summed E-state index contributed by atoms with van der Waals surface area (Å²) in [5.74, 6) is -5.53. The second-order valence-corrected chi connectivity index (χ2v) is 21.3. The molecule has 11 aromatic rings. The quantitative estimate of drug-likeness (QED) is 0.0568. The number of benzene rings is 7. The Kier molecular flexibility index (Phi) is 13.4. The van der Waals surface area contributed by atoms with Gasteiger partial charge in [0.15, 0.2) is 10.7 Å². The molecular formula is C64H38N4O14S2. The van der Waals surface area contributed by atoms with E-state index in [4.69, 9.17) is 38.4 Å². The molecule has 0 saturated carbocycles. The Bertz CT molecular complexity index is 4300. The number of nitrogens with zero attached hydrogens (tertiary/aromatic N) is 4. The smallest absolute Gasteiger partial charge is 0.369 e. The molecule has 0 aliphatic carbocycles. The van der Waals surface area contributed by atoms with Crippen molar-refractivity contribution >= 4 is 78.4 Å². The summed E-state index contributed by atoms with van der Waals surface area (Å²) >= 11 is 1.52. The molecule has 13 rings (SSSR count). The number of carbonyl (C=O) groups excluding carboxylic acids is 4. The maximum atomic E-state index is 15.2. The van der Waals surface area contributed by atoms with Crippen LogP contribution >= 0.6 is 22.7 Å². The van der Waals surface area contributed by atoms with E-state index in [9.17, 15) is 19.2 Å². The van der Waals surface area contributed by atoms with Gasteiger partial charge in [-0.25, -0.2) is 39.1 Å². The fourth-order valence-electron chi connectivity index (χ4n) is 9.95. The number of hydrogen-bond donors (Lipinski definition) is 0. The van der Waals surface area contributed by atoms with Crippen LogP contribution in [0, 0.1) is 0 Å². The lowest BCUT2D eigenvalue weighted by molar-refractivity contribution is -0.185. The highest BCUT2D eigenvalue weighted by atomic mass is 32.1. The third-order valence-electron chi connectivity index (χ3n) is 14.1. The molecule has 0 radical (unpaired) electrons. The molecule has 0 fully saturated rings. The third-order valence-corrected chi connectivity index (χ3v) is 16.1. The number of esters is 4. The van der Waals surface area contributed by atoms with Crippen LogP contribution in [0.15, 0.2) is 211 Å². The summed E-state index contributed by atoms with van der Waals surface area (Å²) in [5.41, 5.74) is -7.16. The molecule has 9 aromatic carbocycles. The van der Waals surface area contributed by atoms with Gasteiger partial charge < -0.3 is 28.4 Å². The zero-order valence-corrected chi connectivity index (χ0v) is 45.1. The van der Waals surface area contributed by atoms with Gasteiger partial charge in [0.1, 0.15) is 49.3 Å². The molecule has 0 spiro atoms. The van der Waals surface area contributed by atoms with Crippen molar-refractivity contribution in [2.45, 2.75) is 37.6 Å². The standard InChI is InChI=1S/C64H38N4O14S2/c69-49-39-25-13-14-26-40(39)50(70)47(49)65-61-67-55-53(83-61)43-30-46-44(29-45(43)81-63(55,57(73)77-31-35-17-5-1-6-18-35)58(74)78-32-36-19-7-2-8-20-36)54-56(68-62(84-54)66-48-51(71)41-27-15-16-28-42(41)52(48)72)64(82-46,59(75)79-33-37-21-9-3-10-22-37)60(76)80-34-38-23-11-4-12-24-38/h1-30H,31-34H2. The van der Waals surface area contributed by atoms with Crippen molar-refractivity contribution in [1.29, 1.82) is 0 Å². The highest BCUT2D eigenvalue weighted by molar-refractivity contribution is 7.19. The summed E-state index contributed by atoms with van der Waals surface area (Å²) in [4.78, 5) is 135. The van der Waals surface area contributed by atoms with Gasteiger partial charge in [-0.3, -0.25) is 19.2 Å². The minimum Gasteiger partial charge on any atom is -0.458 e. The van der Waals surface area contributed by atoms with Gasteiger partial charge in [-0.15, -0.1) is 0 Å². The Balaban J connectivity index is 1.04. The number of ether oxygens (including phenoxy) is 6. The molecule has 4 heterocycles. The summed E-state index contributed by atoms with van der Waals surface area (Å²) in [6.45, 7) is -1.42. The van der Waals surface area contributed by atoms with Crippen molar-refractivity contribution in [2.24, 2.45) is 9.98 Å². The zero-order chi connectivity index (χ0) is 57.7. The van der Waals surface area contributed by atoms with E-state index in [2.05, 4.69) is 9.98 Å². The lowest BCUT2D eigenvalue weighted by Crippen LogP contribution is -2.53. The Hall–Kier alpha value is -10.7. The van der Waals surface area contributed by atoms with Gasteiger partial charge >= 0.3 is 35.1 Å². The Morgan fingerprint density at radius 1 is 0.393 bits per heavy atom. The van der Waals surface area contributed by atoms with Gasteiger partial charge in [0, 0.05) is 32.7 Å². The van der Waals surface area contributed by atoms with Gasteiger partial charge in [0.25, 0.3) is 0 Å². The molecule has 0 amide bonds. The first kappa shape index (κ1) is 52.7. The number of rotatable bonds is 14. The van der Waals surface area contributed by atoms with Crippen LogP contribution in [-0.4, -0.2) is 33.8 Å². The molecule has 18 nitrogen and oxygen atoms in total. The van der Waals surface area contributed by atoms with Crippen molar-refractivity contribution in [3.8, 4) is 32.4 Å². The monoisotopic (exact) mass is 1150 g/mol. The van der Waals surface area contributed by atoms with E-state index in [1.165, 1.54) is 36.4 Å². The average Bonchev–Trinajstić information content (AvgIpc) is 1.91. The maximum Gasteiger partial charge on any atom is 0.369 e. The first-order chi connectivity index (χ1) is 40.9. The van der Waals surface area contributed by atoms with E-state index < -0.39 is 78.9 Å². The number of hydrogen-bond acceptors (Lipinski definition) is 20. The van der Waals surface area contributed by atoms with Crippen LogP contribution in [0.1, 0.15) is 33.6 Å². The normalized spacial score (nSPS) is 13.2. The molecule has 0 saturated heterocycles. The van der Waals surface area contributed by atoms with Gasteiger partial charge in [-0.2, -0.15) is 0 Å². The van der Waals surface area contributed by atoms with E-state index in [0.29, 0.717) is 22.3 Å². The van der Waals surface area contributed by atoms with Crippen LogP contribution < -0.4 is 41.9 Å². The summed E-state index contributed by atoms with van der Waals surface area (Å²) in [6, 6.07) is 49.6. The average molecular weight is 1150 g/mol. The van der Waals surface area contributed by atoms with E-state index in [0.717, 1.165) is 22.7 Å². The molecule has 0 unspecified atom stereocenters. The number of carbonyl (C=O) groups is 4. The van der Waals surface area contributed by atoms with Crippen molar-refractivity contribution in [3.05, 3.63) is 267 Å². The predicted molar refractivity (Wildman–Crippen MR) is 306 cm³/mol. The Morgan fingerprint density at radius 3 is 0.929 bits per heavy atom. The fourth-order valence-corrected chi connectivity index (χ4v) is 12.0. The summed E-state index contributed by atoms with van der Waals surface area (Å²) in [6.07, 6.45) is 0. The van der Waals surface area contributed by atoms with Gasteiger partial charge in [-0.1, -0.05) is 193 Å². The Labute approximate surface area is 480 Å². The molecule has 2 aliphatic rings. The summed E-state index contributed by atoms with van der Waals surface area (Å²) in [5, 5.41) is -1.08. The highest BCUT2D eigenvalue weighted by Crippen LogP contribution is 2.57. The fraction of sp³-hybridized carbons (Fsp3) is 0.0938. The van der Waals surface area contributed by atoms with Gasteiger partial charge in [0.05, 0.1) is 9.75 Å². The molecule has 2 aliphatic heterocycles. The van der Waals surface area contributed by atoms with Crippen LogP contribution in [-0.2, 0) is 75.8 Å². The number of aromatic nitrogens is 2. The largest absolute Gasteiger partial charge is 0.458 e. The van der Waals surface area contributed by atoms with Crippen LogP contribution in [0.4, 0.5) is 10.3 Å². The molecular weight excluding hydrogens is 1110 g/mol. The van der Waals surface area contributed by atoms with Crippen molar-refractivity contribution in [1.82, 2.24) is 9.97 Å². The topological polar surface area (TPSA) is 242 Å². The van der Waals surface area contributed by atoms with Crippen molar-refractivity contribution in [2.75, 3.05) is 0 Å². The Morgan fingerprint density at radius 2 is 0.655 bits per heavy atom. The molecule has 0 bridgehead atoms. The van der Waals surface area contributed by atoms with Crippen LogP contribution in [0.3, 0.4) is 0 Å². The van der Waals surface area contributed by atoms with Crippen molar-refractivity contribution < 1.29 is 47.6 Å². The highest BCUT2D eigenvalue weighted by Gasteiger charge is 2.62. The first-order valence-corrected chi connectivity index (χ1v) is 27.5. The number of fused-ring (bicyclic) bond motifs is 8. The molecule has 410 valence electrons. The lowest BCUT2D eigenvalue weighted by Gasteiger charge is -2.36. The SMILES string of the molecule is O=C(OCc1ccccc1)C1(C(=O)OCc2ccccc2)Oc2cc3c(cc2-c2sc(N=c4c(=O)c5ccccc5c4=O)nc21)OC(C(=O)OCc1ccccc1)(C(=O)OCc1ccccc1)c1nc(N=c2c(=O)c4ccccc4c2=O)sc1-3. The summed E-state index contributed by atoms with van der Waals surface area (Å²) in [7, 11) is 0. The zero-order valence-electron chi connectivity index (χ0n) is 43.5. The van der Waals surface area contributed by atoms with E-state index in [1.807, 2.05) is 0 Å². The first-order valence-electron chi connectivity index (χ1n) is 25.9. The summed E-state index contributed by atoms with van der Waals surface area (Å²) < 4.78 is 37.3. The van der Waals surface area contributed by atoms with Gasteiger partial charge in [-0.05, 0) is 34.4 Å². The minimum atomic E-state index is -2.91. The van der Waals surface area contributed by atoms with Crippen LogP contribution in [0.5, 0.6) is 11.5 Å². The molecule has 2 aromatic heterocycles. The second kappa shape index (κ2) is 21.3. The predicted octanol–water partition coefficient (Wildman–Crippen LogP) is 8.05. The van der Waals surface area contributed by atoms with Crippen molar-refractivity contribution in [3.63, 3.8) is 0 Å². The minimum absolute atomic E-state index is 0.00495. The second-order valence-electron chi connectivity index (χ2n) is 19.3.